The molecule has 5 heteroatoms. The third-order valence-corrected chi connectivity index (χ3v) is 7.94. The summed E-state index contributed by atoms with van der Waals surface area (Å²) in [6.45, 7) is 4.22. The summed E-state index contributed by atoms with van der Waals surface area (Å²) in [5.41, 5.74) is 0. The van der Waals surface area contributed by atoms with Crippen LogP contribution < -0.4 is 0 Å². The first-order chi connectivity index (χ1) is 21.1. The van der Waals surface area contributed by atoms with E-state index in [0.717, 1.165) is 51.4 Å². The van der Waals surface area contributed by atoms with Crippen molar-refractivity contribution in [2.45, 2.75) is 200 Å². The molecule has 0 heterocycles. The Balaban J connectivity index is 3.46. The molecule has 0 amide bonds. The molecule has 0 aliphatic carbocycles. The van der Waals surface area contributed by atoms with Crippen LogP contribution in [0.2, 0.25) is 0 Å². The van der Waals surface area contributed by atoms with Crippen LogP contribution >= 0.6 is 0 Å². The number of carbonyl (C=O) groups excluding carboxylic acids is 2. The van der Waals surface area contributed by atoms with E-state index in [1.165, 1.54) is 116 Å². The highest BCUT2D eigenvalue weighted by atomic mass is 16.7. The second-order valence-corrected chi connectivity index (χ2v) is 12.3. The molecule has 1 unspecified atom stereocenters. The zero-order chi connectivity index (χ0) is 31.5. The van der Waals surface area contributed by atoms with E-state index in [9.17, 15) is 14.7 Å². The van der Waals surface area contributed by atoms with Crippen LogP contribution in [0.25, 0.3) is 0 Å². The minimum atomic E-state index is -1.38. The molecule has 0 aliphatic heterocycles. The number of unbranched alkanes of at least 4 members (excludes halogenated alkanes) is 22. The zero-order valence-electron chi connectivity index (χ0n) is 28.5. The molecule has 0 saturated carbocycles. The Labute approximate surface area is 266 Å². The minimum absolute atomic E-state index is 0.290. The van der Waals surface area contributed by atoms with Crippen LogP contribution in [0.5, 0.6) is 0 Å². The van der Waals surface area contributed by atoms with Crippen molar-refractivity contribution < 1.29 is 24.2 Å². The Kier molecular flexibility index (Phi) is 33.6. The van der Waals surface area contributed by atoms with E-state index < -0.39 is 12.3 Å². The zero-order valence-corrected chi connectivity index (χ0v) is 28.5. The highest BCUT2D eigenvalue weighted by Gasteiger charge is 2.13. The maximum atomic E-state index is 11.9. The second kappa shape index (κ2) is 34.9. The van der Waals surface area contributed by atoms with E-state index in [4.69, 9.17) is 9.47 Å². The Morgan fingerprint density at radius 2 is 0.814 bits per heavy atom. The molecular weight excluding hydrogens is 536 g/mol. The largest absolute Gasteiger partial charge is 0.459 e. The lowest BCUT2D eigenvalue weighted by atomic mass is 10.1. The van der Waals surface area contributed by atoms with Crippen LogP contribution in [0.1, 0.15) is 194 Å². The van der Waals surface area contributed by atoms with Gasteiger partial charge in [-0.3, -0.25) is 9.59 Å². The predicted molar refractivity (Wildman–Crippen MR) is 182 cm³/mol. The molecule has 0 spiro atoms. The molecular formula is C38H70O5. The first-order valence-electron chi connectivity index (χ1n) is 18.4. The van der Waals surface area contributed by atoms with E-state index >= 15 is 0 Å². The van der Waals surface area contributed by atoms with Crippen LogP contribution in [0.15, 0.2) is 24.3 Å². The van der Waals surface area contributed by atoms with Crippen LogP contribution in [0.4, 0.5) is 0 Å². The average Bonchev–Trinajstić information content (AvgIpc) is 3.00. The van der Waals surface area contributed by atoms with Gasteiger partial charge in [0.1, 0.15) is 0 Å². The first-order valence-corrected chi connectivity index (χ1v) is 18.4. The number of aliphatic hydroxyl groups is 1. The van der Waals surface area contributed by atoms with Gasteiger partial charge in [-0.25, -0.2) is 0 Å². The van der Waals surface area contributed by atoms with Crippen molar-refractivity contribution in [2.75, 3.05) is 6.61 Å². The van der Waals surface area contributed by atoms with Gasteiger partial charge in [-0.15, -0.1) is 0 Å². The molecule has 0 saturated heterocycles. The quantitative estimate of drug-likeness (QED) is 0.0348. The molecule has 0 aliphatic rings. The summed E-state index contributed by atoms with van der Waals surface area (Å²) in [7, 11) is 0. The van der Waals surface area contributed by atoms with Gasteiger partial charge in [0.2, 0.25) is 6.29 Å². The Morgan fingerprint density at radius 1 is 0.488 bits per heavy atom. The number of ether oxygens (including phenoxy) is 2. The van der Waals surface area contributed by atoms with Gasteiger partial charge < -0.3 is 14.6 Å². The molecule has 0 fully saturated rings. The number of esters is 2. The number of carbonyl (C=O) groups is 2. The monoisotopic (exact) mass is 607 g/mol. The minimum Gasteiger partial charge on any atom is -0.459 e. The molecule has 1 N–H and O–H groups in total. The van der Waals surface area contributed by atoms with Crippen LogP contribution in [0, 0.1) is 0 Å². The number of rotatable bonds is 33. The molecule has 252 valence electrons. The maximum Gasteiger partial charge on any atom is 0.308 e. The van der Waals surface area contributed by atoms with Crippen molar-refractivity contribution >= 4 is 11.9 Å². The van der Waals surface area contributed by atoms with Gasteiger partial charge in [0.15, 0.2) is 6.61 Å². The normalized spacial score (nSPS) is 12.3. The van der Waals surface area contributed by atoms with E-state index in [1.807, 2.05) is 0 Å². The van der Waals surface area contributed by atoms with Crippen molar-refractivity contribution in [2.24, 2.45) is 0 Å². The molecule has 0 rings (SSSR count). The number of allylic oxidation sites excluding steroid dienone is 4. The summed E-state index contributed by atoms with van der Waals surface area (Å²) in [4.78, 5) is 23.8. The van der Waals surface area contributed by atoms with Gasteiger partial charge in [0, 0.05) is 12.8 Å². The van der Waals surface area contributed by atoms with Crippen molar-refractivity contribution in [1.82, 2.24) is 0 Å². The second-order valence-electron chi connectivity index (χ2n) is 12.3. The van der Waals surface area contributed by atoms with Gasteiger partial charge >= 0.3 is 11.9 Å². The summed E-state index contributed by atoms with van der Waals surface area (Å²) < 4.78 is 10.0. The molecule has 1 atom stereocenters. The van der Waals surface area contributed by atoms with E-state index in [-0.39, 0.29) is 19.0 Å². The third-order valence-electron chi connectivity index (χ3n) is 7.94. The molecule has 5 nitrogen and oxygen atoms in total. The van der Waals surface area contributed by atoms with Crippen molar-refractivity contribution in [3.8, 4) is 0 Å². The van der Waals surface area contributed by atoms with Crippen molar-refractivity contribution in [1.29, 1.82) is 0 Å². The highest BCUT2D eigenvalue weighted by molar-refractivity contribution is 5.70. The van der Waals surface area contributed by atoms with Gasteiger partial charge in [-0.05, 0) is 64.2 Å². The Morgan fingerprint density at radius 3 is 1.21 bits per heavy atom. The van der Waals surface area contributed by atoms with Crippen LogP contribution in [0.3, 0.4) is 0 Å². The fourth-order valence-electron chi connectivity index (χ4n) is 5.16. The Bertz CT molecular complexity index is 657. The SMILES string of the molecule is CCCCCCCC/C=C\CCCCCCCC(=O)OCC(O)OC(=O)CCCCCCC/C=C\CCCCCCCC. The maximum absolute atomic E-state index is 11.9. The fraction of sp³-hybridized carbons (Fsp3) is 0.842. The van der Waals surface area contributed by atoms with Gasteiger partial charge in [0.25, 0.3) is 0 Å². The lowest BCUT2D eigenvalue weighted by Crippen LogP contribution is -2.24. The summed E-state index contributed by atoms with van der Waals surface area (Å²) in [5.74, 6) is -0.775. The average molecular weight is 607 g/mol. The third kappa shape index (κ3) is 34.7. The smallest absolute Gasteiger partial charge is 0.308 e. The molecule has 43 heavy (non-hydrogen) atoms. The lowest BCUT2D eigenvalue weighted by Gasteiger charge is -2.12. The van der Waals surface area contributed by atoms with E-state index in [0.29, 0.717) is 6.42 Å². The van der Waals surface area contributed by atoms with Crippen molar-refractivity contribution in [3.05, 3.63) is 24.3 Å². The molecule has 0 aromatic rings. The summed E-state index contributed by atoms with van der Waals surface area (Å²) >= 11 is 0. The first kappa shape index (κ1) is 41.4. The summed E-state index contributed by atoms with van der Waals surface area (Å²) in [6, 6.07) is 0. The lowest BCUT2D eigenvalue weighted by molar-refractivity contribution is -0.182. The van der Waals surface area contributed by atoms with Gasteiger partial charge in [-0.1, -0.05) is 141 Å². The van der Waals surface area contributed by atoms with Gasteiger partial charge in [0.05, 0.1) is 0 Å². The topological polar surface area (TPSA) is 72.8 Å². The molecule has 0 aromatic heterocycles. The van der Waals surface area contributed by atoms with Crippen LogP contribution in [-0.2, 0) is 19.1 Å². The number of aliphatic hydroxyl groups excluding tert-OH is 1. The molecule has 0 aromatic carbocycles. The van der Waals surface area contributed by atoms with E-state index in [2.05, 4.69) is 38.2 Å². The number of hydrogen-bond donors (Lipinski definition) is 1. The Hall–Kier alpha value is -1.62. The van der Waals surface area contributed by atoms with Gasteiger partial charge in [-0.2, -0.15) is 0 Å². The molecule has 0 bridgehead atoms. The van der Waals surface area contributed by atoms with Crippen molar-refractivity contribution in [3.63, 3.8) is 0 Å². The summed E-state index contributed by atoms with van der Waals surface area (Å²) in [5, 5.41) is 9.87. The standard InChI is InChI=1S/C38H70O5/c1-3-5-7-9-11-13-15-17-19-21-23-25-27-29-31-33-36(39)42-35-38(41)43-37(40)34-32-30-28-26-24-22-20-18-16-14-12-10-8-6-4-2/h17-20,38,41H,3-16,21-35H2,1-2H3/b19-17-,20-18-. The van der Waals surface area contributed by atoms with E-state index in [1.54, 1.807) is 0 Å². The molecule has 0 radical (unpaired) electrons. The van der Waals surface area contributed by atoms with Crippen LogP contribution in [-0.4, -0.2) is 29.9 Å². The predicted octanol–water partition coefficient (Wildman–Crippen LogP) is 11.5. The highest BCUT2D eigenvalue weighted by Crippen LogP contribution is 2.12. The fourth-order valence-corrected chi connectivity index (χ4v) is 5.16. The summed E-state index contributed by atoms with van der Waals surface area (Å²) in [6.07, 6.45) is 40.0. The number of hydrogen-bond acceptors (Lipinski definition) is 5.